The van der Waals surface area contributed by atoms with Gasteiger partial charge in [-0.3, -0.25) is 0 Å². The van der Waals surface area contributed by atoms with Crippen molar-refractivity contribution in [2.24, 2.45) is 0 Å². The van der Waals surface area contributed by atoms with E-state index in [2.05, 4.69) is 11.4 Å². The molecule has 0 saturated carbocycles. The van der Waals surface area contributed by atoms with E-state index in [1.54, 1.807) is 0 Å². The summed E-state index contributed by atoms with van der Waals surface area (Å²) in [5.41, 5.74) is 0. The van der Waals surface area contributed by atoms with E-state index in [0.29, 0.717) is 6.42 Å². The fourth-order valence-corrected chi connectivity index (χ4v) is 2.12. The Morgan fingerprint density at radius 1 is 0.789 bits per heavy atom. The van der Waals surface area contributed by atoms with Crippen LogP contribution in [0, 0.1) is 0 Å². The van der Waals surface area contributed by atoms with Gasteiger partial charge in [-0.25, -0.2) is 0 Å². The summed E-state index contributed by atoms with van der Waals surface area (Å²) in [6.45, 7) is 2.26. The molecule has 0 spiro atoms. The van der Waals surface area contributed by atoms with Crippen LogP contribution >= 0.6 is 7.82 Å². The summed E-state index contributed by atoms with van der Waals surface area (Å²) in [5.74, 6) is 0. The molecule has 0 amide bonds. The fraction of sp³-hybridized carbons (Fsp3) is 1.00. The maximum absolute atomic E-state index is 10.1. The number of phosphoric acid groups is 1. The van der Waals surface area contributed by atoms with E-state index < -0.39 is 7.82 Å². The van der Waals surface area contributed by atoms with Crippen LogP contribution in [0.15, 0.2) is 0 Å². The van der Waals surface area contributed by atoms with Gasteiger partial charge in [0, 0.05) is 0 Å². The van der Waals surface area contributed by atoms with Crippen LogP contribution in [0.25, 0.3) is 0 Å². The molecule has 19 heavy (non-hydrogen) atoms. The van der Waals surface area contributed by atoms with E-state index in [1.165, 1.54) is 44.9 Å². The topological polar surface area (TPSA) is 72.4 Å². The normalized spacial score (nSPS) is 10.7. The van der Waals surface area contributed by atoms with Gasteiger partial charge in [-0.2, -0.15) is 0 Å². The summed E-state index contributed by atoms with van der Waals surface area (Å²) in [4.78, 5) is 20.3. The Morgan fingerprint density at radius 3 is 1.53 bits per heavy atom. The number of hydrogen-bond donors (Lipinski definition) is 0. The zero-order valence-corrected chi connectivity index (χ0v) is 17.8. The maximum atomic E-state index is 10.1. The molecule has 0 aromatic carbocycles. The first-order chi connectivity index (χ1) is 8.06. The van der Waals surface area contributed by atoms with E-state index >= 15 is 0 Å². The van der Waals surface area contributed by atoms with Gasteiger partial charge in [0.05, 0.1) is 14.4 Å². The van der Waals surface area contributed by atoms with Crippen molar-refractivity contribution in [1.82, 2.24) is 0 Å². The molecule has 0 radical (unpaired) electrons. The molecular formula is C12H25Na2O4P. The average Bonchev–Trinajstić information content (AvgIpc) is 2.24. The van der Waals surface area contributed by atoms with Gasteiger partial charge in [-0.1, -0.05) is 64.7 Å². The number of unbranched alkanes of at least 4 members (excludes halogenated alkanes) is 9. The van der Waals surface area contributed by atoms with Crippen LogP contribution in [0.4, 0.5) is 0 Å². The SMILES string of the molecule is CCCCCCCCCCCCOP(=O)([O-])[O-].[Na+].[Na+]. The molecular weight excluding hydrogens is 285 g/mol. The van der Waals surface area contributed by atoms with E-state index in [9.17, 15) is 14.4 Å². The van der Waals surface area contributed by atoms with Gasteiger partial charge in [-0.05, 0) is 6.42 Å². The molecule has 0 aliphatic carbocycles. The zero-order valence-electron chi connectivity index (χ0n) is 12.9. The number of rotatable bonds is 12. The van der Waals surface area contributed by atoms with Crippen molar-refractivity contribution in [3.8, 4) is 0 Å². The minimum atomic E-state index is -4.74. The Labute approximate surface area is 162 Å². The molecule has 0 N–H and O–H groups in total. The molecule has 0 aliphatic heterocycles. The summed E-state index contributed by atoms with van der Waals surface area (Å²) < 4.78 is 14.3. The standard InChI is InChI=1S/C12H27O4P.2Na/c1-2-3-4-5-6-7-8-9-10-11-12-16-17(13,14)15;;/h2-12H2,1H3,(H2,13,14,15);;/q;2*+1/p-2. The summed E-state index contributed by atoms with van der Waals surface area (Å²) in [6, 6.07) is 0. The van der Waals surface area contributed by atoms with Crippen LogP contribution < -0.4 is 68.9 Å². The molecule has 0 rings (SSSR count). The smallest absolute Gasteiger partial charge is 0.790 e. The van der Waals surface area contributed by atoms with Crippen LogP contribution in [-0.4, -0.2) is 6.61 Å². The van der Waals surface area contributed by atoms with Crippen LogP contribution in [0.3, 0.4) is 0 Å². The van der Waals surface area contributed by atoms with Crippen molar-refractivity contribution < 1.29 is 78.0 Å². The van der Waals surface area contributed by atoms with Gasteiger partial charge in [-0.15, -0.1) is 0 Å². The van der Waals surface area contributed by atoms with Crippen LogP contribution in [0.2, 0.25) is 0 Å². The molecule has 0 aliphatic rings. The molecule has 104 valence electrons. The monoisotopic (exact) mass is 310 g/mol. The van der Waals surface area contributed by atoms with Crippen molar-refractivity contribution in [1.29, 1.82) is 0 Å². The van der Waals surface area contributed by atoms with Crippen molar-refractivity contribution >= 4 is 7.82 Å². The quantitative estimate of drug-likeness (QED) is 0.216. The Hall–Kier alpha value is 2.11. The molecule has 0 heterocycles. The predicted molar refractivity (Wildman–Crippen MR) is 65.4 cm³/mol. The molecule has 0 aromatic rings. The third-order valence-electron chi connectivity index (χ3n) is 2.75. The molecule has 0 fully saturated rings. The zero-order chi connectivity index (χ0) is 13.0. The van der Waals surface area contributed by atoms with E-state index in [0.717, 1.165) is 12.8 Å². The van der Waals surface area contributed by atoms with Gasteiger partial charge < -0.3 is 18.9 Å². The number of phosphoric ester groups is 1. The van der Waals surface area contributed by atoms with Gasteiger partial charge >= 0.3 is 59.1 Å². The van der Waals surface area contributed by atoms with Crippen LogP contribution in [0.5, 0.6) is 0 Å². The molecule has 0 unspecified atom stereocenters. The van der Waals surface area contributed by atoms with Crippen LogP contribution in [0.1, 0.15) is 71.1 Å². The Morgan fingerprint density at radius 2 is 1.16 bits per heavy atom. The van der Waals surface area contributed by atoms with Gasteiger partial charge in [0.25, 0.3) is 0 Å². The largest absolute Gasteiger partial charge is 1.00 e. The van der Waals surface area contributed by atoms with Crippen molar-refractivity contribution in [3.63, 3.8) is 0 Å². The van der Waals surface area contributed by atoms with E-state index in [-0.39, 0.29) is 65.7 Å². The minimum Gasteiger partial charge on any atom is -0.790 e. The van der Waals surface area contributed by atoms with Gasteiger partial charge in [0.15, 0.2) is 0 Å². The average molecular weight is 310 g/mol. The molecule has 0 atom stereocenters. The van der Waals surface area contributed by atoms with Gasteiger partial charge in [0.2, 0.25) is 0 Å². The first-order valence-electron chi connectivity index (χ1n) is 6.73. The molecule has 7 heteroatoms. The van der Waals surface area contributed by atoms with E-state index in [4.69, 9.17) is 0 Å². The number of hydrogen-bond acceptors (Lipinski definition) is 4. The third-order valence-corrected chi connectivity index (χ3v) is 3.25. The Kier molecular flexibility index (Phi) is 24.9. The summed E-state index contributed by atoms with van der Waals surface area (Å²) in [5, 5.41) is 0. The molecule has 0 aromatic heterocycles. The van der Waals surface area contributed by atoms with E-state index in [1.807, 2.05) is 0 Å². The first kappa shape index (κ1) is 26.0. The van der Waals surface area contributed by atoms with Gasteiger partial charge in [0.1, 0.15) is 0 Å². The summed E-state index contributed by atoms with van der Waals surface area (Å²) >= 11 is 0. The Balaban J connectivity index is -0.00000128. The van der Waals surface area contributed by atoms with Crippen molar-refractivity contribution in [2.75, 3.05) is 6.61 Å². The molecule has 4 nitrogen and oxygen atoms in total. The summed E-state index contributed by atoms with van der Waals surface area (Å²) in [6.07, 6.45) is 11.7. The Bertz CT molecular complexity index is 212. The minimum absolute atomic E-state index is 0. The maximum Gasteiger partial charge on any atom is 1.00 e. The van der Waals surface area contributed by atoms with Crippen molar-refractivity contribution in [2.45, 2.75) is 71.1 Å². The van der Waals surface area contributed by atoms with Crippen molar-refractivity contribution in [3.05, 3.63) is 0 Å². The first-order valence-corrected chi connectivity index (χ1v) is 8.19. The molecule has 0 saturated heterocycles. The second-order valence-corrected chi connectivity index (χ2v) is 5.62. The molecule has 0 bridgehead atoms. The predicted octanol–water partition coefficient (Wildman–Crippen LogP) is -3.24. The second kappa shape index (κ2) is 18.2. The summed E-state index contributed by atoms with van der Waals surface area (Å²) in [7, 11) is -4.74. The van der Waals surface area contributed by atoms with Crippen LogP contribution in [-0.2, 0) is 9.09 Å². The fourth-order valence-electron chi connectivity index (χ4n) is 1.77. The second-order valence-electron chi connectivity index (χ2n) is 4.46. The third kappa shape index (κ3) is 25.4.